The lowest BCUT2D eigenvalue weighted by atomic mass is 10.1. The molecule has 4 rings (SSSR count). The second kappa shape index (κ2) is 9.65. The van der Waals surface area contributed by atoms with E-state index in [-0.39, 0.29) is 0 Å². The maximum atomic E-state index is 6.07. The third-order valence-corrected chi connectivity index (χ3v) is 5.07. The monoisotopic (exact) mass is 488 g/mol. The van der Waals surface area contributed by atoms with Crippen LogP contribution in [0.2, 0.25) is 10.0 Å². The molecule has 0 saturated carbocycles. The van der Waals surface area contributed by atoms with Crippen molar-refractivity contribution in [2.24, 2.45) is 0 Å². The molecule has 0 amide bonds. The maximum absolute atomic E-state index is 6.07. The van der Waals surface area contributed by atoms with Crippen molar-refractivity contribution in [1.82, 2.24) is 19.9 Å². The van der Waals surface area contributed by atoms with Crippen molar-refractivity contribution in [1.29, 1.82) is 0 Å². The van der Waals surface area contributed by atoms with E-state index < -0.39 is 0 Å². The summed E-state index contributed by atoms with van der Waals surface area (Å²) < 4.78 is 0.799. The topological polar surface area (TPSA) is 104 Å². The van der Waals surface area contributed by atoms with Crippen molar-refractivity contribution >= 4 is 50.5 Å². The van der Waals surface area contributed by atoms with E-state index in [1.807, 2.05) is 12.1 Å². The number of nitrogens with two attached hydrogens (primary N) is 2. The SMILES string of the molecule is Nc1cc(Cl)c(-c2cnccn2)cc1Br.Nc1ccc(-c2cnccn2)c(Cl)c1. The average molecular weight is 490 g/mol. The minimum atomic E-state index is 0.566. The molecule has 0 unspecified atom stereocenters. The molecule has 0 spiro atoms. The van der Waals surface area contributed by atoms with Gasteiger partial charge in [-0.2, -0.15) is 0 Å². The number of hydrogen-bond donors (Lipinski definition) is 2. The van der Waals surface area contributed by atoms with Gasteiger partial charge in [-0.15, -0.1) is 0 Å². The molecule has 2 heterocycles. The molecule has 0 aliphatic rings. The maximum Gasteiger partial charge on any atom is 0.0900 e. The molecule has 0 aliphatic heterocycles. The Bertz CT molecular complexity index is 1110. The first kappa shape index (κ1) is 21.0. The van der Waals surface area contributed by atoms with Crippen LogP contribution in [-0.2, 0) is 0 Å². The number of hydrogen-bond acceptors (Lipinski definition) is 6. The molecule has 0 fully saturated rings. The minimum Gasteiger partial charge on any atom is -0.399 e. The van der Waals surface area contributed by atoms with E-state index in [0.29, 0.717) is 21.4 Å². The van der Waals surface area contributed by atoms with Crippen molar-refractivity contribution in [3.8, 4) is 22.5 Å². The molecule has 2 aromatic heterocycles. The Morgan fingerprint density at radius 2 is 1.31 bits per heavy atom. The number of anilines is 2. The van der Waals surface area contributed by atoms with Gasteiger partial charge in [0.2, 0.25) is 0 Å². The van der Waals surface area contributed by atoms with E-state index in [0.717, 1.165) is 27.0 Å². The molecule has 146 valence electrons. The molecule has 0 atom stereocenters. The van der Waals surface area contributed by atoms with Crippen molar-refractivity contribution in [3.63, 3.8) is 0 Å². The van der Waals surface area contributed by atoms with Gasteiger partial charge < -0.3 is 11.5 Å². The number of aromatic nitrogens is 4. The Morgan fingerprint density at radius 1 is 0.724 bits per heavy atom. The van der Waals surface area contributed by atoms with Crippen LogP contribution in [0.15, 0.2) is 72.0 Å². The Hall–Kier alpha value is -2.74. The molecule has 2 aromatic carbocycles. The van der Waals surface area contributed by atoms with E-state index in [4.69, 9.17) is 34.7 Å². The van der Waals surface area contributed by atoms with Gasteiger partial charge in [-0.3, -0.25) is 19.9 Å². The molecule has 0 aliphatic carbocycles. The number of nitrogen functional groups attached to an aromatic ring is 2. The highest BCUT2D eigenvalue weighted by molar-refractivity contribution is 9.10. The van der Waals surface area contributed by atoms with Crippen molar-refractivity contribution in [2.75, 3.05) is 11.5 Å². The van der Waals surface area contributed by atoms with Gasteiger partial charge in [0.25, 0.3) is 0 Å². The number of rotatable bonds is 2. The summed E-state index contributed by atoms with van der Waals surface area (Å²) in [4.78, 5) is 16.3. The fourth-order valence-corrected chi connectivity index (χ4v) is 3.27. The predicted octanol–water partition coefficient (Wildman–Crippen LogP) is 5.52. The van der Waals surface area contributed by atoms with Crippen LogP contribution in [0.25, 0.3) is 22.5 Å². The van der Waals surface area contributed by atoms with E-state index in [1.165, 1.54) is 0 Å². The van der Waals surface area contributed by atoms with Crippen LogP contribution in [0.5, 0.6) is 0 Å². The van der Waals surface area contributed by atoms with Crippen LogP contribution in [0.4, 0.5) is 11.4 Å². The standard InChI is InChI=1S/C10H7BrClN3.C10H8ClN3/c11-7-3-6(8(12)4-9(7)13)10-5-14-1-2-15-10;11-9-5-7(12)1-2-8(9)10-6-13-3-4-14-10/h1-5H,13H2;1-6H,12H2. The molecule has 6 nitrogen and oxygen atoms in total. The number of nitrogens with zero attached hydrogens (tertiary/aromatic N) is 4. The zero-order valence-electron chi connectivity index (χ0n) is 14.9. The van der Waals surface area contributed by atoms with Gasteiger partial charge >= 0.3 is 0 Å². The second-order valence-corrected chi connectivity index (χ2v) is 7.44. The third kappa shape index (κ3) is 5.41. The van der Waals surface area contributed by atoms with Gasteiger partial charge in [0.1, 0.15) is 0 Å². The molecule has 0 bridgehead atoms. The second-order valence-electron chi connectivity index (χ2n) is 5.77. The third-order valence-electron chi connectivity index (χ3n) is 3.76. The molecular weight excluding hydrogens is 475 g/mol. The first-order valence-corrected chi connectivity index (χ1v) is 9.83. The smallest absolute Gasteiger partial charge is 0.0900 e. The Labute approximate surface area is 186 Å². The summed E-state index contributed by atoms with van der Waals surface area (Å²) >= 11 is 15.4. The zero-order valence-corrected chi connectivity index (χ0v) is 18.0. The van der Waals surface area contributed by atoms with Crippen LogP contribution in [0.3, 0.4) is 0 Å². The number of benzene rings is 2. The summed E-state index contributed by atoms with van der Waals surface area (Å²) in [5.41, 5.74) is 15.7. The largest absolute Gasteiger partial charge is 0.399 e. The van der Waals surface area contributed by atoms with Crippen LogP contribution >= 0.6 is 39.1 Å². The van der Waals surface area contributed by atoms with Gasteiger partial charge in [0.15, 0.2) is 0 Å². The molecule has 4 aromatic rings. The van der Waals surface area contributed by atoms with E-state index in [9.17, 15) is 0 Å². The molecule has 0 radical (unpaired) electrons. The highest BCUT2D eigenvalue weighted by Gasteiger charge is 2.08. The molecule has 0 saturated heterocycles. The first-order chi connectivity index (χ1) is 14.0. The normalized spacial score (nSPS) is 10.2. The molecule has 29 heavy (non-hydrogen) atoms. The first-order valence-electron chi connectivity index (χ1n) is 8.28. The van der Waals surface area contributed by atoms with Gasteiger partial charge in [0, 0.05) is 51.8 Å². The van der Waals surface area contributed by atoms with Gasteiger partial charge in [0.05, 0.1) is 33.8 Å². The summed E-state index contributed by atoms with van der Waals surface area (Å²) in [6.07, 6.45) is 9.80. The fraction of sp³-hybridized carbons (Fsp3) is 0. The molecule has 4 N–H and O–H groups in total. The minimum absolute atomic E-state index is 0.566. The van der Waals surface area contributed by atoms with Gasteiger partial charge in [-0.05, 0) is 46.3 Å². The quantitative estimate of drug-likeness (QED) is 0.359. The van der Waals surface area contributed by atoms with E-state index >= 15 is 0 Å². The average Bonchev–Trinajstić information content (AvgIpc) is 2.72. The summed E-state index contributed by atoms with van der Waals surface area (Å²) in [5, 5.41) is 1.15. The summed E-state index contributed by atoms with van der Waals surface area (Å²) in [6, 6.07) is 8.85. The summed E-state index contributed by atoms with van der Waals surface area (Å²) in [7, 11) is 0. The van der Waals surface area contributed by atoms with Crippen LogP contribution < -0.4 is 11.5 Å². The van der Waals surface area contributed by atoms with Crippen LogP contribution in [-0.4, -0.2) is 19.9 Å². The van der Waals surface area contributed by atoms with Crippen molar-refractivity contribution < 1.29 is 0 Å². The van der Waals surface area contributed by atoms with Crippen molar-refractivity contribution in [3.05, 3.63) is 82.0 Å². The lowest BCUT2D eigenvalue weighted by Crippen LogP contribution is -1.90. The number of halogens is 3. The van der Waals surface area contributed by atoms with E-state index in [2.05, 4.69) is 35.9 Å². The summed E-state index contributed by atoms with van der Waals surface area (Å²) in [5.74, 6) is 0. The Morgan fingerprint density at radius 3 is 1.86 bits per heavy atom. The highest BCUT2D eigenvalue weighted by Crippen LogP contribution is 2.33. The predicted molar refractivity (Wildman–Crippen MR) is 121 cm³/mol. The van der Waals surface area contributed by atoms with Gasteiger partial charge in [-0.25, -0.2) is 0 Å². The highest BCUT2D eigenvalue weighted by atomic mass is 79.9. The zero-order chi connectivity index (χ0) is 20.8. The Kier molecular flexibility index (Phi) is 6.98. The van der Waals surface area contributed by atoms with Gasteiger partial charge in [-0.1, -0.05) is 23.2 Å². The Balaban J connectivity index is 0.000000166. The molecular formula is C20H15BrCl2N6. The lowest BCUT2D eigenvalue weighted by Gasteiger charge is -2.05. The van der Waals surface area contributed by atoms with Crippen LogP contribution in [0, 0.1) is 0 Å². The van der Waals surface area contributed by atoms with Crippen LogP contribution in [0.1, 0.15) is 0 Å². The lowest BCUT2D eigenvalue weighted by molar-refractivity contribution is 1.21. The molecule has 9 heteroatoms. The van der Waals surface area contributed by atoms with Crippen molar-refractivity contribution in [2.45, 2.75) is 0 Å². The fourth-order valence-electron chi connectivity index (χ4n) is 2.37. The summed E-state index contributed by atoms with van der Waals surface area (Å²) in [6.45, 7) is 0. The van der Waals surface area contributed by atoms with E-state index in [1.54, 1.807) is 55.4 Å².